The number of nitriles is 1. The third kappa shape index (κ3) is 2.04. The molecular formula is C15H17F2N3. The van der Waals surface area contributed by atoms with Gasteiger partial charge in [-0.15, -0.1) is 0 Å². The molecule has 0 aliphatic carbocycles. The molecule has 0 saturated carbocycles. The van der Waals surface area contributed by atoms with Crippen LogP contribution >= 0.6 is 0 Å². The van der Waals surface area contributed by atoms with Crippen LogP contribution < -0.4 is 4.90 Å². The Balaban J connectivity index is 1.93. The van der Waals surface area contributed by atoms with Gasteiger partial charge in [-0.2, -0.15) is 5.26 Å². The molecule has 0 aromatic heterocycles. The molecule has 2 aliphatic rings. The zero-order valence-corrected chi connectivity index (χ0v) is 11.4. The van der Waals surface area contributed by atoms with Crippen LogP contribution in [0.3, 0.4) is 0 Å². The van der Waals surface area contributed by atoms with Gasteiger partial charge < -0.3 is 4.90 Å². The lowest BCUT2D eigenvalue weighted by Crippen LogP contribution is -2.55. The van der Waals surface area contributed by atoms with Crippen LogP contribution in [0.1, 0.15) is 25.3 Å². The van der Waals surface area contributed by atoms with Crippen LogP contribution in [0, 0.1) is 23.0 Å². The van der Waals surface area contributed by atoms with Crippen molar-refractivity contribution < 1.29 is 8.78 Å². The van der Waals surface area contributed by atoms with Gasteiger partial charge in [0.1, 0.15) is 6.07 Å². The topological polar surface area (TPSA) is 30.3 Å². The summed E-state index contributed by atoms with van der Waals surface area (Å²) in [6.07, 6.45) is 2.29. The maximum Gasteiger partial charge on any atom is 0.183 e. The van der Waals surface area contributed by atoms with Gasteiger partial charge in [0.15, 0.2) is 11.6 Å². The van der Waals surface area contributed by atoms with Crippen molar-refractivity contribution in [1.82, 2.24) is 4.90 Å². The third-order valence-electron chi connectivity index (χ3n) is 4.43. The van der Waals surface area contributed by atoms with Crippen LogP contribution in [0.4, 0.5) is 14.5 Å². The van der Waals surface area contributed by atoms with E-state index in [1.807, 2.05) is 11.8 Å². The summed E-state index contributed by atoms with van der Waals surface area (Å²) in [5.41, 5.74) is 0.0407. The number of hydrogen-bond donors (Lipinski definition) is 0. The Morgan fingerprint density at radius 3 is 2.80 bits per heavy atom. The van der Waals surface area contributed by atoms with E-state index >= 15 is 0 Å². The molecule has 0 bridgehead atoms. The largest absolute Gasteiger partial charge is 0.364 e. The smallest absolute Gasteiger partial charge is 0.183 e. The van der Waals surface area contributed by atoms with Gasteiger partial charge in [-0.05, 0) is 38.4 Å². The lowest BCUT2D eigenvalue weighted by Gasteiger charge is -2.43. The number of benzene rings is 1. The number of piperazine rings is 1. The van der Waals surface area contributed by atoms with Gasteiger partial charge in [-0.25, -0.2) is 8.78 Å². The monoisotopic (exact) mass is 277 g/mol. The summed E-state index contributed by atoms with van der Waals surface area (Å²) in [5.74, 6) is -1.94. The molecule has 0 N–H and O–H groups in total. The second-order valence-electron chi connectivity index (χ2n) is 5.66. The van der Waals surface area contributed by atoms with Crippen molar-refractivity contribution >= 4 is 5.69 Å². The normalized spacial score (nSPS) is 26.4. The highest BCUT2D eigenvalue weighted by molar-refractivity contribution is 5.53. The predicted octanol–water partition coefficient (Wildman–Crippen LogP) is 2.51. The Bertz CT molecular complexity index is 567. The van der Waals surface area contributed by atoms with Gasteiger partial charge >= 0.3 is 0 Å². The average molecular weight is 277 g/mol. The summed E-state index contributed by atoms with van der Waals surface area (Å²) < 4.78 is 27.9. The predicted molar refractivity (Wildman–Crippen MR) is 72.5 cm³/mol. The molecule has 3 nitrogen and oxygen atoms in total. The summed E-state index contributed by atoms with van der Waals surface area (Å²) in [6.45, 7) is 4.74. The number of rotatable bonds is 1. The molecule has 0 amide bonds. The first-order valence-corrected chi connectivity index (χ1v) is 7.00. The van der Waals surface area contributed by atoms with Crippen molar-refractivity contribution in [2.75, 3.05) is 24.5 Å². The van der Waals surface area contributed by atoms with Crippen LogP contribution in [0.15, 0.2) is 12.1 Å². The summed E-state index contributed by atoms with van der Waals surface area (Å²) in [4.78, 5) is 4.37. The fourth-order valence-corrected chi connectivity index (χ4v) is 3.37. The molecule has 2 heterocycles. The van der Waals surface area contributed by atoms with E-state index in [1.54, 1.807) is 6.07 Å². The second kappa shape index (κ2) is 5.02. The average Bonchev–Trinajstić information content (AvgIpc) is 2.88. The van der Waals surface area contributed by atoms with E-state index in [1.165, 1.54) is 18.6 Å². The number of nitrogens with zero attached hydrogens (tertiary/aromatic N) is 3. The van der Waals surface area contributed by atoms with Crippen molar-refractivity contribution in [3.05, 3.63) is 29.3 Å². The molecule has 2 fully saturated rings. The van der Waals surface area contributed by atoms with Crippen molar-refractivity contribution in [3.63, 3.8) is 0 Å². The Morgan fingerprint density at radius 1 is 1.25 bits per heavy atom. The van der Waals surface area contributed by atoms with Crippen LogP contribution in [0.25, 0.3) is 0 Å². The van der Waals surface area contributed by atoms with Crippen molar-refractivity contribution in [2.24, 2.45) is 0 Å². The molecule has 5 heteroatoms. The highest BCUT2D eigenvalue weighted by Crippen LogP contribution is 2.31. The first-order chi connectivity index (χ1) is 9.61. The molecule has 1 aromatic carbocycles. The Labute approximate surface area is 117 Å². The fraction of sp³-hybridized carbons (Fsp3) is 0.533. The summed E-state index contributed by atoms with van der Waals surface area (Å²) in [5, 5.41) is 8.74. The van der Waals surface area contributed by atoms with E-state index in [0.29, 0.717) is 6.04 Å². The lowest BCUT2D eigenvalue weighted by atomic mass is 10.1. The second-order valence-corrected chi connectivity index (χ2v) is 5.66. The van der Waals surface area contributed by atoms with Gasteiger partial charge in [0.2, 0.25) is 0 Å². The number of hydrogen-bond acceptors (Lipinski definition) is 3. The van der Waals surface area contributed by atoms with Crippen molar-refractivity contribution in [3.8, 4) is 6.07 Å². The van der Waals surface area contributed by atoms with E-state index in [0.717, 1.165) is 26.1 Å². The standard InChI is InChI=1S/C15H17F2N3/c1-10-8-19-6-2-3-12(19)9-20(10)13-5-4-11(7-18)14(16)15(13)17/h4-5,10,12H,2-3,6,8-9H2,1H3. The van der Waals surface area contributed by atoms with E-state index in [4.69, 9.17) is 5.26 Å². The highest BCUT2D eigenvalue weighted by atomic mass is 19.2. The molecular weight excluding hydrogens is 260 g/mol. The van der Waals surface area contributed by atoms with E-state index in [2.05, 4.69) is 4.90 Å². The Kier molecular flexibility index (Phi) is 3.35. The SMILES string of the molecule is CC1CN2CCCC2CN1c1ccc(C#N)c(F)c1F. The van der Waals surface area contributed by atoms with Gasteiger partial charge in [-0.3, -0.25) is 4.90 Å². The molecule has 2 saturated heterocycles. The van der Waals surface area contributed by atoms with Gasteiger partial charge in [-0.1, -0.05) is 0 Å². The van der Waals surface area contributed by atoms with Crippen LogP contribution in [-0.2, 0) is 0 Å². The zero-order valence-electron chi connectivity index (χ0n) is 11.4. The maximum absolute atomic E-state index is 14.2. The van der Waals surface area contributed by atoms with Crippen LogP contribution in [0.5, 0.6) is 0 Å². The quantitative estimate of drug-likeness (QED) is 0.790. The first kappa shape index (κ1) is 13.3. The molecule has 106 valence electrons. The Hall–Kier alpha value is -1.67. The minimum atomic E-state index is -1.04. The van der Waals surface area contributed by atoms with Gasteiger partial charge in [0, 0.05) is 25.2 Å². The van der Waals surface area contributed by atoms with Gasteiger partial charge in [0.25, 0.3) is 0 Å². The molecule has 2 atom stereocenters. The minimum absolute atomic E-state index is 0.145. The van der Waals surface area contributed by atoms with Crippen LogP contribution in [0.2, 0.25) is 0 Å². The Morgan fingerprint density at radius 2 is 2.05 bits per heavy atom. The van der Waals surface area contributed by atoms with E-state index in [9.17, 15) is 8.78 Å². The third-order valence-corrected chi connectivity index (χ3v) is 4.43. The van der Waals surface area contributed by atoms with Gasteiger partial charge in [0.05, 0.1) is 11.3 Å². The summed E-state index contributed by atoms with van der Waals surface area (Å²) in [7, 11) is 0. The van der Waals surface area contributed by atoms with E-state index < -0.39 is 11.6 Å². The molecule has 2 unspecified atom stereocenters. The number of halogens is 2. The molecule has 1 aromatic rings. The maximum atomic E-state index is 14.2. The molecule has 0 radical (unpaired) electrons. The summed E-state index contributed by atoms with van der Waals surface area (Å²) in [6, 6.07) is 5.14. The molecule has 2 aliphatic heterocycles. The lowest BCUT2D eigenvalue weighted by molar-refractivity contribution is 0.202. The van der Waals surface area contributed by atoms with E-state index in [-0.39, 0.29) is 17.3 Å². The summed E-state index contributed by atoms with van der Waals surface area (Å²) >= 11 is 0. The first-order valence-electron chi connectivity index (χ1n) is 7.00. The molecule has 0 spiro atoms. The molecule has 20 heavy (non-hydrogen) atoms. The number of fused-ring (bicyclic) bond motifs is 1. The molecule has 3 rings (SSSR count). The highest BCUT2D eigenvalue weighted by Gasteiger charge is 2.35. The van der Waals surface area contributed by atoms with Crippen molar-refractivity contribution in [1.29, 1.82) is 5.26 Å². The van der Waals surface area contributed by atoms with Crippen molar-refractivity contribution in [2.45, 2.75) is 31.8 Å². The fourth-order valence-electron chi connectivity index (χ4n) is 3.37. The van der Waals surface area contributed by atoms with Crippen LogP contribution in [-0.4, -0.2) is 36.6 Å². The number of anilines is 1. The minimum Gasteiger partial charge on any atom is -0.364 e. The zero-order chi connectivity index (χ0) is 14.3.